The minimum Gasteiger partial charge on any atom is -0.298 e. The van der Waals surface area contributed by atoms with Gasteiger partial charge >= 0.3 is 0 Å². The van der Waals surface area contributed by atoms with E-state index in [9.17, 15) is 4.79 Å². The summed E-state index contributed by atoms with van der Waals surface area (Å²) in [5, 5.41) is 0. The molecule has 0 amide bonds. The minimum atomic E-state index is 0.0125. The van der Waals surface area contributed by atoms with Gasteiger partial charge in [-0.15, -0.1) is 0 Å². The number of allylic oxidation sites excluding steroid dienone is 5. The third-order valence-electron chi connectivity index (χ3n) is 3.34. The van der Waals surface area contributed by atoms with Crippen molar-refractivity contribution in [2.24, 2.45) is 0 Å². The number of carbonyl (C=O) groups is 1. The Hall–Kier alpha value is -1.89. The largest absolute Gasteiger partial charge is 0.298 e. The van der Waals surface area contributed by atoms with Crippen molar-refractivity contribution in [1.29, 1.82) is 0 Å². The van der Waals surface area contributed by atoms with Gasteiger partial charge < -0.3 is 0 Å². The van der Waals surface area contributed by atoms with Crippen molar-refractivity contribution >= 4 is 11.9 Å². The maximum absolute atomic E-state index is 11.2. The minimum absolute atomic E-state index is 0.0125. The van der Waals surface area contributed by atoms with Crippen molar-refractivity contribution < 1.29 is 4.79 Å². The highest BCUT2D eigenvalue weighted by Crippen LogP contribution is 2.29. The van der Waals surface area contributed by atoms with Gasteiger partial charge in [-0.25, -0.2) is 0 Å². The molecule has 0 bridgehead atoms. The maximum atomic E-state index is 11.2. The summed E-state index contributed by atoms with van der Waals surface area (Å²) in [4.78, 5) is 11.2. The molecule has 0 fully saturated rings. The van der Waals surface area contributed by atoms with Gasteiger partial charge in [-0.05, 0) is 55.0 Å². The van der Waals surface area contributed by atoms with Gasteiger partial charge in [0.25, 0.3) is 0 Å². The third-order valence-corrected chi connectivity index (χ3v) is 3.34. The van der Waals surface area contributed by atoms with Gasteiger partial charge in [-0.2, -0.15) is 0 Å². The Morgan fingerprint density at radius 2 is 1.67 bits per heavy atom. The van der Waals surface area contributed by atoms with E-state index in [-0.39, 0.29) is 5.41 Å². The molecule has 0 N–H and O–H groups in total. The highest BCUT2D eigenvalue weighted by Gasteiger charge is 2.16. The zero-order valence-corrected chi connectivity index (χ0v) is 14.1. The second-order valence-electron chi connectivity index (χ2n) is 6.80. The van der Waals surface area contributed by atoms with E-state index in [0.29, 0.717) is 0 Å². The van der Waals surface area contributed by atoms with Crippen LogP contribution in [0.15, 0.2) is 48.1 Å². The van der Waals surface area contributed by atoms with Crippen molar-refractivity contribution in [1.82, 2.24) is 0 Å². The average Bonchev–Trinajstić information content (AvgIpc) is 2.36. The molecule has 0 aliphatic rings. The smallest absolute Gasteiger partial charge is 0.150 e. The SMILES string of the molecule is C=C(C)/C=C\C(=C(C)C)c1cc(C=O)cc(C(C)(C)C)c1. The molecule has 0 unspecified atom stereocenters. The molecule has 0 spiro atoms. The highest BCUT2D eigenvalue weighted by molar-refractivity contribution is 5.82. The number of rotatable bonds is 4. The molecule has 0 radical (unpaired) electrons. The summed E-state index contributed by atoms with van der Waals surface area (Å²) in [6, 6.07) is 6.10. The van der Waals surface area contributed by atoms with Crippen LogP contribution in [0.3, 0.4) is 0 Å². The van der Waals surface area contributed by atoms with Crippen molar-refractivity contribution in [3.05, 3.63) is 64.8 Å². The van der Waals surface area contributed by atoms with Gasteiger partial charge in [0.15, 0.2) is 0 Å². The van der Waals surface area contributed by atoms with E-state index in [0.717, 1.165) is 28.6 Å². The van der Waals surface area contributed by atoms with Crippen LogP contribution in [0.5, 0.6) is 0 Å². The Morgan fingerprint density at radius 3 is 2.10 bits per heavy atom. The van der Waals surface area contributed by atoms with E-state index >= 15 is 0 Å². The lowest BCUT2D eigenvalue weighted by atomic mass is 9.83. The van der Waals surface area contributed by atoms with E-state index < -0.39 is 0 Å². The number of carbonyl (C=O) groups excluding carboxylic acids is 1. The van der Waals surface area contributed by atoms with Crippen molar-refractivity contribution in [3.8, 4) is 0 Å². The quantitative estimate of drug-likeness (QED) is 0.509. The summed E-state index contributed by atoms with van der Waals surface area (Å²) in [7, 11) is 0. The fourth-order valence-corrected chi connectivity index (χ4v) is 2.09. The Balaban J connectivity index is 3.49. The Labute approximate surface area is 129 Å². The molecule has 0 saturated carbocycles. The first kappa shape index (κ1) is 17.2. The molecule has 0 aliphatic carbocycles. The Morgan fingerprint density at radius 1 is 1.05 bits per heavy atom. The van der Waals surface area contributed by atoms with Gasteiger partial charge in [0.1, 0.15) is 6.29 Å². The molecule has 1 aromatic carbocycles. The number of benzene rings is 1. The second kappa shape index (κ2) is 6.71. The third kappa shape index (κ3) is 4.86. The first-order chi connectivity index (χ1) is 9.65. The molecule has 112 valence electrons. The zero-order chi connectivity index (χ0) is 16.2. The average molecular weight is 282 g/mol. The molecule has 0 aromatic heterocycles. The predicted molar refractivity (Wildman–Crippen MR) is 92.8 cm³/mol. The van der Waals surface area contributed by atoms with Crippen LogP contribution in [-0.4, -0.2) is 6.29 Å². The number of aldehydes is 1. The highest BCUT2D eigenvalue weighted by atomic mass is 16.1. The van der Waals surface area contributed by atoms with Gasteiger partial charge in [0, 0.05) is 5.56 Å². The Bertz CT molecular complexity index is 603. The number of hydrogen-bond donors (Lipinski definition) is 0. The molecule has 21 heavy (non-hydrogen) atoms. The summed E-state index contributed by atoms with van der Waals surface area (Å²) in [6.07, 6.45) is 5.00. The van der Waals surface area contributed by atoms with Crippen LogP contribution in [-0.2, 0) is 5.41 Å². The number of hydrogen-bond acceptors (Lipinski definition) is 1. The van der Waals surface area contributed by atoms with E-state index in [1.54, 1.807) is 0 Å². The van der Waals surface area contributed by atoms with Gasteiger partial charge in [0.2, 0.25) is 0 Å². The normalized spacial score (nSPS) is 11.5. The fourth-order valence-electron chi connectivity index (χ4n) is 2.09. The van der Waals surface area contributed by atoms with Crippen LogP contribution in [0.1, 0.15) is 63.0 Å². The van der Waals surface area contributed by atoms with E-state index in [4.69, 9.17) is 0 Å². The van der Waals surface area contributed by atoms with Crippen LogP contribution in [0.25, 0.3) is 5.57 Å². The first-order valence-electron chi connectivity index (χ1n) is 7.27. The summed E-state index contributed by atoms with van der Waals surface area (Å²) < 4.78 is 0. The van der Waals surface area contributed by atoms with Crippen LogP contribution in [0.2, 0.25) is 0 Å². The monoisotopic (exact) mass is 282 g/mol. The van der Waals surface area contributed by atoms with Crippen LogP contribution in [0, 0.1) is 0 Å². The van der Waals surface area contributed by atoms with Crippen molar-refractivity contribution in [3.63, 3.8) is 0 Å². The molecule has 0 saturated heterocycles. The Kier molecular flexibility index (Phi) is 5.48. The lowest BCUT2D eigenvalue weighted by Gasteiger charge is -2.21. The van der Waals surface area contributed by atoms with Crippen LogP contribution < -0.4 is 0 Å². The molecule has 0 atom stereocenters. The summed E-state index contributed by atoms with van der Waals surface area (Å²) in [5.74, 6) is 0. The standard InChI is InChI=1S/C20H26O/c1-14(2)8-9-19(15(3)4)17-10-16(13-21)11-18(12-17)20(5,6)7/h8-13H,1H2,2-7H3/b9-8-. The molecular formula is C20H26O. The molecular weight excluding hydrogens is 256 g/mol. The van der Waals surface area contributed by atoms with Gasteiger partial charge in [-0.3, -0.25) is 4.79 Å². The summed E-state index contributed by atoms with van der Waals surface area (Å²) in [6.45, 7) is 16.5. The van der Waals surface area contributed by atoms with Crippen molar-refractivity contribution in [2.45, 2.75) is 47.0 Å². The van der Waals surface area contributed by atoms with Crippen LogP contribution in [0.4, 0.5) is 0 Å². The van der Waals surface area contributed by atoms with Gasteiger partial charge in [0.05, 0.1) is 0 Å². The summed E-state index contributed by atoms with van der Waals surface area (Å²) in [5.41, 5.74) is 6.36. The molecule has 1 aromatic rings. The van der Waals surface area contributed by atoms with E-state index in [1.807, 2.05) is 25.1 Å². The molecule has 1 nitrogen and oxygen atoms in total. The first-order valence-corrected chi connectivity index (χ1v) is 7.27. The molecule has 0 heterocycles. The van der Waals surface area contributed by atoms with Crippen molar-refractivity contribution in [2.75, 3.05) is 0 Å². The lowest BCUT2D eigenvalue weighted by Crippen LogP contribution is -2.12. The molecule has 0 aliphatic heterocycles. The maximum Gasteiger partial charge on any atom is 0.150 e. The fraction of sp³-hybridized carbons (Fsp3) is 0.350. The molecule has 1 rings (SSSR count). The lowest BCUT2D eigenvalue weighted by molar-refractivity contribution is 0.112. The topological polar surface area (TPSA) is 17.1 Å². The molecule has 1 heteroatoms. The predicted octanol–water partition coefficient (Wildman–Crippen LogP) is 5.72. The summed E-state index contributed by atoms with van der Waals surface area (Å²) >= 11 is 0. The van der Waals surface area contributed by atoms with E-state index in [1.165, 1.54) is 11.1 Å². The van der Waals surface area contributed by atoms with Crippen LogP contribution >= 0.6 is 0 Å². The zero-order valence-electron chi connectivity index (χ0n) is 14.1. The van der Waals surface area contributed by atoms with E-state index in [2.05, 4.69) is 53.3 Å². The second-order valence-corrected chi connectivity index (χ2v) is 6.80. The van der Waals surface area contributed by atoms with Gasteiger partial charge in [-0.1, -0.05) is 56.7 Å².